The first kappa shape index (κ1) is 33.7. The summed E-state index contributed by atoms with van der Waals surface area (Å²) in [7, 11) is -3.92. The molecule has 1 N–H and O–H groups in total. The number of nitrogens with one attached hydrogen (secondary N) is 1. The molecule has 8 nitrogen and oxygen atoms in total. The van der Waals surface area contributed by atoms with Crippen LogP contribution in [0.5, 0.6) is 5.75 Å². The van der Waals surface area contributed by atoms with Crippen LogP contribution in [0.25, 0.3) is 0 Å². The molecule has 1 saturated carbocycles. The molecule has 1 aliphatic carbocycles. The summed E-state index contributed by atoms with van der Waals surface area (Å²) >= 11 is 0. The number of nitrogens with zero attached hydrogens (tertiary/aromatic N) is 2. The molecule has 2 amide bonds. The zero-order valence-electron chi connectivity index (χ0n) is 26.4. The van der Waals surface area contributed by atoms with Gasteiger partial charge in [-0.1, -0.05) is 85.6 Å². The van der Waals surface area contributed by atoms with Gasteiger partial charge >= 0.3 is 0 Å². The van der Waals surface area contributed by atoms with Gasteiger partial charge in [0, 0.05) is 19.0 Å². The molecule has 10 heteroatoms. The van der Waals surface area contributed by atoms with Gasteiger partial charge in [0.25, 0.3) is 0 Å². The van der Waals surface area contributed by atoms with Crippen LogP contribution in [-0.2, 0) is 39.2 Å². The van der Waals surface area contributed by atoms with Crippen LogP contribution < -0.4 is 14.4 Å². The molecular weight excluding hydrogens is 617 g/mol. The molecule has 0 aromatic heterocycles. The third-order valence-corrected chi connectivity index (χ3v) is 9.43. The molecule has 4 aromatic rings. The smallest absolute Gasteiger partial charge is 0.244 e. The lowest BCUT2D eigenvalue weighted by molar-refractivity contribution is -0.140. The largest absolute Gasteiger partial charge is 0.489 e. The first-order chi connectivity index (χ1) is 22.7. The molecule has 1 atom stereocenters. The number of amides is 2. The number of hydrogen-bond acceptors (Lipinski definition) is 5. The van der Waals surface area contributed by atoms with E-state index in [1.54, 1.807) is 36.4 Å². The maximum Gasteiger partial charge on any atom is 0.244 e. The number of anilines is 1. The average Bonchev–Trinajstić information content (AvgIpc) is 3.59. The van der Waals surface area contributed by atoms with Crippen LogP contribution in [0.4, 0.5) is 10.1 Å². The Morgan fingerprint density at radius 2 is 1.43 bits per heavy atom. The van der Waals surface area contributed by atoms with E-state index in [4.69, 9.17) is 4.74 Å². The van der Waals surface area contributed by atoms with Crippen molar-refractivity contribution in [3.8, 4) is 5.75 Å². The number of hydrogen-bond donors (Lipinski definition) is 1. The molecule has 246 valence electrons. The highest BCUT2D eigenvalue weighted by atomic mass is 32.2. The summed E-state index contributed by atoms with van der Waals surface area (Å²) in [6.07, 6.45) is 5.03. The lowest BCUT2D eigenvalue weighted by Crippen LogP contribution is -2.54. The fourth-order valence-electron chi connectivity index (χ4n) is 5.77. The average molecular weight is 658 g/mol. The summed E-state index contributed by atoms with van der Waals surface area (Å²) in [5.41, 5.74) is 2.73. The van der Waals surface area contributed by atoms with Gasteiger partial charge in [-0.15, -0.1) is 0 Å². The van der Waals surface area contributed by atoms with Crippen LogP contribution in [0.2, 0.25) is 0 Å². The fourth-order valence-corrected chi connectivity index (χ4v) is 6.62. The highest BCUT2D eigenvalue weighted by Crippen LogP contribution is 2.24. The van der Waals surface area contributed by atoms with Crippen LogP contribution >= 0.6 is 0 Å². The summed E-state index contributed by atoms with van der Waals surface area (Å²) in [6, 6.07) is 30.3. The Balaban J connectivity index is 1.42. The second-order valence-electron chi connectivity index (χ2n) is 11.9. The maximum atomic E-state index is 14.3. The van der Waals surface area contributed by atoms with Crippen LogP contribution in [-0.4, -0.2) is 50.0 Å². The van der Waals surface area contributed by atoms with E-state index in [0.717, 1.165) is 47.4 Å². The minimum Gasteiger partial charge on any atom is -0.489 e. The lowest BCUT2D eigenvalue weighted by Gasteiger charge is -2.34. The van der Waals surface area contributed by atoms with Gasteiger partial charge in [-0.2, -0.15) is 0 Å². The van der Waals surface area contributed by atoms with E-state index >= 15 is 0 Å². The lowest BCUT2D eigenvalue weighted by atomic mass is 10.0. The zero-order valence-corrected chi connectivity index (χ0v) is 27.2. The summed E-state index contributed by atoms with van der Waals surface area (Å²) in [5.74, 6) is -0.749. The van der Waals surface area contributed by atoms with Gasteiger partial charge in [-0.25, -0.2) is 12.8 Å². The number of carbonyl (C=O) groups is 2. The number of sulfonamides is 1. The normalized spacial score (nSPS) is 13.9. The van der Waals surface area contributed by atoms with Crippen molar-refractivity contribution < 1.29 is 27.1 Å². The van der Waals surface area contributed by atoms with Crippen molar-refractivity contribution in [2.45, 2.75) is 57.3 Å². The third-order valence-electron chi connectivity index (χ3n) is 8.29. The Morgan fingerprint density at radius 1 is 0.830 bits per heavy atom. The van der Waals surface area contributed by atoms with Crippen molar-refractivity contribution >= 4 is 27.5 Å². The monoisotopic (exact) mass is 657 g/mol. The zero-order chi connectivity index (χ0) is 33.2. The highest BCUT2D eigenvalue weighted by Gasteiger charge is 2.34. The molecule has 0 saturated heterocycles. The minimum atomic E-state index is -3.92. The Hall–Kier alpha value is -4.70. The third kappa shape index (κ3) is 9.65. The van der Waals surface area contributed by atoms with E-state index in [2.05, 4.69) is 5.32 Å². The van der Waals surface area contributed by atoms with Crippen LogP contribution in [0, 0.1) is 5.82 Å². The summed E-state index contributed by atoms with van der Waals surface area (Å²) in [6.45, 7) is -0.205. The molecular formula is C37H40FN3O5S. The van der Waals surface area contributed by atoms with Gasteiger partial charge in [0.1, 0.15) is 30.8 Å². The Labute approximate surface area is 276 Å². The molecule has 0 aliphatic heterocycles. The van der Waals surface area contributed by atoms with Gasteiger partial charge in [-0.05, 0) is 65.9 Å². The molecule has 0 radical (unpaired) electrons. The molecule has 0 heterocycles. The Bertz CT molecular complexity index is 1710. The first-order valence-electron chi connectivity index (χ1n) is 15.8. The fraction of sp³-hybridized carbons (Fsp3) is 0.297. The predicted molar refractivity (Wildman–Crippen MR) is 181 cm³/mol. The van der Waals surface area contributed by atoms with Crippen LogP contribution in [0.15, 0.2) is 109 Å². The van der Waals surface area contributed by atoms with E-state index in [9.17, 15) is 22.4 Å². The van der Waals surface area contributed by atoms with Crippen molar-refractivity contribution in [2.75, 3.05) is 17.1 Å². The van der Waals surface area contributed by atoms with E-state index in [0.29, 0.717) is 17.9 Å². The van der Waals surface area contributed by atoms with E-state index < -0.39 is 34.3 Å². The molecule has 4 aromatic carbocycles. The number of benzene rings is 4. The summed E-state index contributed by atoms with van der Waals surface area (Å²) in [4.78, 5) is 29.6. The highest BCUT2D eigenvalue weighted by molar-refractivity contribution is 7.92. The topological polar surface area (TPSA) is 96.0 Å². The van der Waals surface area contributed by atoms with Crippen LogP contribution in [0.1, 0.15) is 42.4 Å². The quantitative estimate of drug-likeness (QED) is 0.183. The van der Waals surface area contributed by atoms with Crippen molar-refractivity contribution in [1.29, 1.82) is 0 Å². The minimum absolute atomic E-state index is 0.0127. The van der Waals surface area contributed by atoms with Gasteiger partial charge in [0.15, 0.2) is 0 Å². The molecule has 1 aliphatic rings. The van der Waals surface area contributed by atoms with E-state index in [-0.39, 0.29) is 30.6 Å². The molecule has 5 rings (SSSR count). The van der Waals surface area contributed by atoms with Gasteiger partial charge in [0.2, 0.25) is 21.8 Å². The number of carbonyl (C=O) groups excluding carboxylic acids is 2. The standard InChI is InChI=1S/C37H40FN3O5S/c1-47(44,45)41(33-20-22-34(23-21-33)46-27-30-12-6-3-7-13-30)26-36(42)40(25-29-16-18-31(38)19-17-29)35(24-28-10-4-2-5-11-28)37(43)39-32-14-8-9-15-32/h2-7,10-13,16-23,32,35H,8-9,14-15,24-27H2,1H3,(H,39,43)/t35-/m0/s1. The SMILES string of the molecule is CS(=O)(=O)N(CC(=O)N(Cc1ccc(F)cc1)[C@@H](Cc1ccccc1)C(=O)NC1CCCC1)c1ccc(OCc2ccccc2)cc1. The maximum absolute atomic E-state index is 14.3. The molecule has 47 heavy (non-hydrogen) atoms. The van der Waals surface area contributed by atoms with Gasteiger partial charge in [0.05, 0.1) is 11.9 Å². The van der Waals surface area contributed by atoms with Crippen molar-refractivity contribution in [3.05, 3.63) is 132 Å². The van der Waals surface area contributed by atoms with Crippen LogP contribution in [0.3, 0.4) is 0 Å². The predicted octanol–water partition coefficient (Wildman–Crippen LogP) is 5.87. The summed E-state index contributed by atoms with van der Waals surface area (Å²) in [5, 5.41) is 3.14. The van der Waals surface area contributed by atoms with E-state index in [1.165, 1.54) is 17.0 Å². The molecule has 0 bridgehead atoms. The first-order valence-corrected chi connectivity index (χ1v) is 17.6. The van der Waals surface area contributed by atoms with Crippen molar-refractivity contribution in [3.63, 3.8) is 0 Å². The Morgan fingerprint density at radius 3 is 2.02 bits per heavy atom. The Kier molecular flexibility index (Phi) is 11.3. The van der Waals surface area contributed by atoms with Crippen molar-refractivity contribution in [1.82, 2.24) is 10.2 Å². The van der Waals surface area contributed by atoms with Crippen molar-refractivity contribution in [2.24, 2.45) is 0 Å². The van der Waals surface area contributed by atoms with E-state index in [1.807, 2.05) is 60.7 Å². The van der Waals surface area contributed by atoms with Gasteiger partial charge in [-0.3, -0.25) is 13.9 Å². The molecule has 0 spiro atoms. The molecule has 1 fully saturated rings. The number of rotatable bonds is 14. The molecule has 0 unspecified atom stereocenters. The number of ether oxygens (including phenoxy) is 1. The second kappa shape index (κ2) is 15.7. The summed E-state index contributed by atoms with van der Waals surface area (Å²) < 4.78 is 46.9. The number of halogens is 1. The second-order valence-corrected chi connectivity index (χ2v) is 13.8. The van der Waals surface area contributed by atoms with Gasteiger partial charge < -0.3 is 15.0 Å².